The summed E-state index contributed by atoms with van der Waals surface area (Å²) in [5.41, 5.74) is 8.45. The van der Waals surface area contributed by atoms with Gasteiger partial charge in [-0.15, -0.1) is 0 Å². The van der Waals surface area contributed by atoms with Crippen LogP contribution in [0.2, 0.25) is 5.02 Å². The molecule has 1 aromatic rings. The molecular formula is C15H22ClNO2. The monoisotopic (exact) mass is 283 g/mol. The summed E-state index contributed by atoms with van der Waals surface area (Å²) in [5.74, 6) is 0.781. The van der Waals surface area contributed by atoms with Crippen LogP contribution in [0.15, 0.2) is 12.1 Å². The second-order valence-corrected chi connectivity index (χ2v) is 5.73. The summed E-state index contributed by atoms with van der Waals surface area (Å²) in [6.07, 6.45) is 5.56. The predicted octanol–water partition coefficient (Wildman–Crippen LogP) is 3.61. The summed E-state index contributed by atoms with van der Waals surface area (Å²) in [6, 6.07) is 3.78. The van der Waals surface area contributed by atoms with Crippen LogP contribution in [-0.2, 0) is 16.9 Å². The van der Waals surface area contributed by atoms with E-state index < -0.39 is 0 Å². The van der Waals surface area contributed by atoms with Gasteiger partial charge in [0.05, 0.1) is 13.7 Å². The van der Waals surface area contributed by atoms with Crippen LogP contribution in [-0.4, -0.2) is 14.2 Å². The minimum Gasteiger partial charge on any atom is -0.496 e. The lowest BCUT2D eigenvalue weighted by Gasteiger charge is -2.36. The van der Waals surface area contributed by atoms with Gasteiger partial charge in [0.25, 0.3) is 0 Å². The van der Waals surface area contributed by atoms with Crippen molar-refractivity contribution in [2.45, 2.75) is 44.2 Å². The fourth-order valence-corrected chi connectivity index (χ4v) is 3.29. The van der Waals surface area contributed by atoms with Gasteiger partial charge in [-0.05, 0) is 30.5 Å². The summed E-state index contributed by atoms with van der Waals surface area (Å²) in [4.78, 5) is 0. The van der Waals surface area contributed by atoms with Gasteiger partial charge in [-0.2, -0.15) is 0 Å². The van der Waals surface area contributed by atoms with Crippen molar-refractivity contribution in [1.29, 1.82) is 0 Å². The molecule has 0 heterocycles. The van der Waals surface area contributed by atoms with E-state index in [9.17, 15) is 0 Å². The molecule has 0 radical (unpaired) electrons. The van der Waals surface area contributed by atoms with Gasteiger partial charge in [0.2, 0.25) is 0 Å². The van der Waals surface area contributed by atoms with Crippen LogP contribution < -0.4 is 10.5 Å². The van der Waals surface area contributed by atoms with Gasteiger partial charge in [-0.1, -0.05) is 30.9 Å². The van der Waals surface area contributed by atoms with Crippen molar-refractivity contribution in [2.75, 3.05) is 14.2 Å². The highest BCUT2D eigenvalue weighted by Crippen LogP contribution is 2.42. The van der Waals surface area contributed by atoms with Gasteiger partial charge in [-0.25, -0.2) is 0 Å². The number of nitrogens with two attached hydrogens (primary N) is 1. The van der Waals surface area contributed by atoms with Crippen molar-refractivity contribution in [3.63, 3.8) is 0 Å². The molecule has 1 saturated carbocycles. The maximum absolute atomic E-state index is 6.66. The fourth-order valence-electron chi connectivity index (χ4n) is 3.06. The van der Waals surface area contributed by atoms with E-state index in [2.05, 4.69) is 0 Å². The van der Waals surface area contributed by atoms with Gasteiger partial charge >= 0.3 is 0 Å². The number of methoxy groups -OCH3 is 2. The van der Waals surface area contributed by atoms with Crippen molar-refractivity contribution in [2.24, 2.45) is 5.73 Å². The molecule has 1 fully saturated rings. The molecule has 1 aliphatic carbocycles. The standard InChI is InChI=1S/C15H22ClNO2/c1-18-10-11-8-12(16)9-13(19-2)14(11)15(17)6-4-3-5-7-15/h8-9H,3-7,10,17H2,1-2H3. The Morgan fingerprint density at radius 1 is 1.21 bits per heavy atom. The van der Waals surface area contributed by atoms with E-state index in [-0.39, 0.29) is 5.54 Å². The number of benzene rings is 1. The third kappa shape index (κ3) is 3.04. The Morgan fingerprint density at radius 3 is 2.47 bits per heavy atom. The Balaban J connectivity index is 2.51. The maximum Gasteiger partial charge on any atom is 0.125 e. The first-order valence-electron chi connectivity index (χ1n) is 6.75. The largest absolute Gasteiger partial charge is 0.496 e. The first-order valence-corrected chi connectivity index (χ1v) is 7.13. The Kier molecular flexibility index (Phi) is 4.71. The third-order valence-corrected chi connectivity index (χ3v) is 4.13. The van der Waals surface area contributed by atoms with Crippen LogP contribution >= 0.6 is 11.6 Å². The molecule has 0 saturated heterocycles. The molecule has 0 unspecified atom stereocenters. The second kappa shape index (κ2) is 6.12. The van der Waals surface area contributed by atoms with E-state index in [1.807, 2.05) is 12.1 Å². The zero-order valence-electron chi connectivity index (χ0n) is 11.7. The molecule has 1 aromatic carbocycles. The Morgan fingerprint density at radius 2 is 1.89 bits per heavy atom. The van der Waals surface area contributed by atoms with E-state index in [4.69, 9.17) is 26.8 Å². The number of rotatable bonds is 4. The highest BCUT2D eigenvalue weighted by atomic mass is 35.5. The normalized spacial score (nSPS) is 18.3. The molecule has 3 nitrogen and oxygen atoms in total. The molecule has 0 spiro atoms. The van der Waals surface area contributed by atoms with Gasteiger partial charge in [-0.3, -0.25) is 0 Å². The molecule has 2 N–H and O–H groups in total. The van der Waals surface area contributed by atoms with Gasteiger partial charge in [0, 0.05) is 23.2 Å². The molecule has 0 amide bonds. The molecule has 19 heavy (non-hydrogen) atoms. The highest BCUT2D eigenvalue weighted by molar-refractivity contribution is 6.30. The summed E-state index contributed by atoms with van der Waals surface area (Å²) < 4.78 is 10.8. The zero-order chi connectivity index (χ0) is 13.9. The Hall–Kier alpha value is -0.770. The summed E-state index contributed by atoms with van der Waals surface area (Å²) >= 11 is 6.14. The van der Waals surface area contributed by atoms with E-state index in [1.165, 1.54) is 6.42 Å². The van der Waals surface area contributed by atoms with Crippen molar-refractivity contribution in [3.8, 4) is 5.75 Å². The molecule has 106 valence electrons. The smallest absolute Gasteiger partial charge is 0.125 e. The summed E-state index contributed by atoms with van der Waals surface area (Å²) in [6.45, 7) is 0.505. The van der Waals surface area contributed by atoms with Crippen LogP contribution in [0.4, 0.5) is 0 Å². The lowest BCUT2D eigenvalue weighted by Crippen LogP contribution is -2.40. The van der Waals surface area contributed by atoms with Crippen molar-refractivity contribution >= 4 is 11.6 Å². The van der Waals surface area contributed by atoms with E-state index in [1.54, 1.807) is 14.2 Å². The quantitative estimate of drug-likeness (QED) is 0.918. The number of hydrogen-bond acceptors (Lipinski definition) is 3. The predicted molar refractivity (Wildman–Crippen MR) is 77.7 cm³/mol. The maximum atomic E-state index is 6.66. The highest BCUT2D eigenvalue weighted by Gasteiger charge is 2.34. The van der Waals surface area contributed by atoms with Crippen LogP contribution in [0, 0.1) is 0 Å². The molecular weight excluding hydrogens is 262 g/mol. The Labute approximate surface area is 120 Å². The first kappa shape index (κ1) is 14.6. The van der Waals surface area contributed by atoms with Gasteiger partial charge in [0.15, 0.2) is 0 Å². The minimum atomic E-state index is -0.317. The first-order chi connectivity index (χ1) is 9.10. The number of hydrogen-bond donors (Lipinski definition) is 1. The van der Waals surface area contributed by atoms with Crippen LogP contribution in [0.3, 0.4) is 0 Å². The summed E-state index contributed by atoms with van der Waals surface area (Å²) in [5, 5.41) is 0.659. The van der Waals surface area contributed by atoms with Crippen LogP contribution in [0.5, 0.6) is 5.75 Å². The van der Waals surface area contributed by atoms with Crippen molar-refractivity contribution in [3.05, 3.63) is 28.3 Å². The minimum absolute atomic E-state index is 0.317. The second-order valence-electron chi connectivity index (χ2n) is 5.29. The van der Waals surface area contributed by atoms with E-state index in [0.29, 0.717) is 11.6 Å². The van der Waals surface area contributed by atoms with Gasteiger partial charge < -0.3 is 15.2 Å². The molecule has 1 aliphatic rings. The number of halogens is 1. The topological polar surface area (TPSA) is 44.5 Å². The average molecular weight is 284 g/mol. The number of ether oxygens (including phenoxy) is 2. The van der Waals surface area contributed by atoms with Crippen molar-refractivity contribution < 1.29 is 9.47 Å². The van der Waals surface area contributed by atoms with Crippen LogP contribution in [0.25, 0.3) is 0 Å². The lowest BCUT2D eigenvalue weighted by atomic mass is 9.75. The molecule has 4 heteroatoms. The van der Waals surface area contributed by atoms with Crippen molar-refractivity contribution in [1.82, 2.24) is 0 Å². The lowest BCUT2D eigenvalue weighted by molar-refractivity contribution is 0.180. The SMILES string of the molecule is COCc1cc(Cl)cc(OC)c1C1(N)CCCCC1. The molecule has 0 aromatic heterocycles. The summed E-state index contributed by atoms with van der Waals surface area (Å²) in [7, 11) is 3.35. The average Bonchev–Trinajstić information content (AvgIpc) is 2.38. The third-order valence-electron chi connectivity index (χ3n) is 3.91. The molecule has 0 bridgehead atoms. The molecule has 0 aliphatic heterocycles. The molecule has 2 rings (SSSR count). The fraction of sp³-hybridized carbons (Fsp3) is 0.600. The zero-order valence-corrected chi connectivity index (χ0v) is 12.4. The van der Waals surface area contributed by atoms with Gasteiger partial charge in [0.1, 0.15) is 5.75 Å². The van der Waals surface area contributed by atoms with Crippen LogP contribution in [0.1, 0.15) is 43.2 Å². The van der Waals surface area contributed by atoms with E-state index in [0.717, 1.165) is 42.6 Å². The molecule has 0 atom stereocenters. The van der Waals surface area contributed by atoms with E-state index >= 15 is 0 Å². The Bertz CT molecular complexity index is 442.